The highest BCUT2D eigenvalue weighted by Gasteiger charge is 2.12. The molecule has 3 rings (SSSR count). The molecule has 0 saturated carbocycles. The molecule has 2 nitrogen and oxygen atoms in total. The highest BCUT2D eigenvalue weighted by atomic mass is 16.5. The highest BCUT2D eigenvalue weighted by Crippen LogP contribution is 2.40. The summed E-state index contributed by atoms with van der Waals surface area (Å²) in [5.74, 6) is 1.66. The normalized spacial score (nSPS) is 10.3. The van der Waals surface area contributed by atoms with Crippen molar-refractivity contribution in [3.8, 4) is 28.4 Å². The fraction of sp³-hybridized carbons (Fsp3) is 0.0526. The second kappa shape index (κ2) is 5.71. The van der Waals surface area contributed by atoms with Crippen LogP contribution in [0, 0.1) is 6.92 Å². The minimum Gasteiger partial charge on any atom is -0.507 e. The lowest BCUT2D eigenvalue weighted by Crippen LogP contribution is -1.90. The van der Waals surface area contributed by atoms with Crippen LogP contribution in [0.4, 0.5) is 0 Å². The summed E-state index contributed by atoms with van der Waals surface area (Å²) >= 11 is 0. The van der Waals surface area contributed by atoms with Gasteiger partial charge in [-0.2, -0.15) is 0 Å². The average Bonchev–Trinajstić information content (AvgIpc) is 2.51. The molecule has 0 aromatic heterocycles. The van der Waals surface area contributed by atoms with E-state index in [4.69, 9.17) is 4.74 Å². The van der Waals surface area contributed by atoms with E-state index in [2.05, 4.69) is 0 Å². The summed E-state index contributed by atoms with van der Waals surface area (Å²) in [4.78, 5) is 0. The number of aryl methyl sites for hydroxylation is 1. The summed E-state index contributed by atoms with van der Waals surface area (Å²) in [6.07, 6.45) is 0. The zero-order chi connectivity index (χ0) is 14.7. The maximum atomic E-state index is 10.2. The molecule has 3 aromatic carbocycles. The molecule has 1 N–H and O–H groups in total. The van der Waals surface area contributed by atoms with Crippen molar-refractivity contribution in [3.63, 3.8) is 0 Å². The van der Waals surface area contributed by atoms with Crippen LogP contribution in [0.25, 0.3) is 11.1 Å². The number of ether oxygens (including phenoxy) is 1. The van der Waals surface area contributed by atoms with Crippen molar-refractivity contribution >= 4 is 0 Å². The van der Waals surface area contributed by atoms with Gasteiger partial charge in [-0.3, -0.25) is 0 Å². The van der Waals surface area contributed by atoms with Gasteiger partial charge in [0, 0.05) is 0 Å². The van der Waals surface area contributed by atoms with E-state index < -0.39 is 0 Å². The highest BCUT2D eigenvalue weighted by molar-refractivity contribution is 5.76. The van der Waals surface area contributed by atoms with Gasteiger partial charge in [0.1, 0.15) is 17.2 Å². The van der Waals surface area contributed by atoms with Crippen molar-refractivity contribution in [1.29, 1.82) is 0 Å². The molecule has 104 valence electrons. The number of hydrogen-bond donors (Lipinski definition) is 1. The Morgan fingerprint density at radius 2 is 1.38 bits per heavy atom. The Labute approximate surface area is 124 Å². The molecule has 0 aliphatic heterocycles. The molecule has 0 bridgehead atoms. The SMILES string of the molecule is Cc1ccccc1Oc1cccc(O)c1-c1ccccc1. The number of hydrogen-bond acceptors (Lipinski definition) is 2. The van der Waals surface area contributed by atoms with E-state index in [1.165, 1.54) is 0 Å². The van der Waals surface area contributed by atoms with Gasteiger partial charge in [-0.25, -0.2) is 0 Å². The van der Waals surface area contributed by atoms with Crippen molar-refractivity contribution in [3.05, 3.63) is 78.4 Å². The molecule has 21 heavy (non-hydrogen) atoms. The van der Waals surface area contributed by atoms with Gasteiger partial charge in [-0.15, -0.1) is 0 Å². The molecule has 0 saturated heterocycles. The third-order valence-electron chi connectivity index (χ3n) is 3.38. The molecule has 3 aromatic rings. The second-order valence-corrected chi connectivity index (χ2v) is 4.88. The van der Waals surface area contributed by atoms with E-state index in [1.54, 1.807) is 12.1 Å². The van der Waals surface area contributed by atoms with Crippen LogP contribution in [0.3, 0.4) is 0 Å². The van der Waals surface area contributed by atoms with Crippen LogP contribution < -0.4 is 4.74 Å². The van der Waals surface area contributed by atoms with E-state index >= 15 is 0 Å². The topological polar surface area (TPSA) is 29.5 Å². The van der Waals surface area contributed by atoms with E-state index in [0.717, 1.165) is 16.9 Å². The molecule has 0 radical (unpaired) electrons. The van der Waals surface area contributed by atoms with Crippen LogP contribution in [0.2, 0.25) is 0 Å². The van der Waals surface area contributed by atoms with E-state index in [9.17, 15) is 5.11 Å². The van der Waals surface area contributed by atoms with Crippen LogP contribution in [0.15, 0.2) is 72.8 Å². The molecule has 0 unspecified atom stereocenters. The molecule has 0 heterocycles. The lowest BCUT2D eigenvalue weighted by molar-refractivity contribution is 0.457. The predicted octanol–water partition coefficient (Wildman–Crippen LogP) is 5.16. The van der Waals surface area contributed by atoms with Gasteiger partial charge >= 0.3 is 0 Å². The first-order valence-electron chi connectivity index (χ1n) is 6.86. The van der Waals surface area contributed by atoms with Gasteiger partial charge in [0.25, 0.3) is 0 Å². The number of para-hydroxylation sites is 1. The Kier molecular flexibility index (Phi) is 3.61. The maximum Gasteiger partial charge on any atom is 0.138 e. The summed E-state index contributed by atoms with van der Waals surface area (Å²) < 4.78 is 6.02. The summed E-state index contributed by atoms with van der Waals surface area (Å²) in [6, 6.07) is 22.9. The third-order valence-corrected chi connectivity index (χ3v) is 3.38. The van der Waals surface area contributed by atoms with Crippen LogP contribution in [-0.2, 0) is 0 Å². The van der Waals surface area contributed by atoms with Gasteiger partial charge < -0.3 is 9.84 Å². The summed E-state index contributed by atoms with van der Waals surface area (Å²) in [5, 5.41) is 10.2. The Bertz CT molecular complexity index is 749. The minimum absolute atomic E-state index is 0.215. The zero-order valence-electron chi connectivity index (χ0n) is 11.8. The molecule has 0 amide bonds. The lowest BCUT2D eigenvalue weighted by Gasteiger charge is -2.14. The smallest absolute Gasteiger partial charge is 0.138 e. The number of rotatable bonds is 3. The number of aromatic hydroxyl groups is 1. The van der Waals surface area contributed by atoms with Crippen LogP contribution in [-0.4, -0.2) is 5.11 Å². The summed E-state index contributed by atoms with van der Waals surface area (Å²) in [6.45, 7) is 2.00. The first-order chi connectivity index (χ1) is 10.3. The Morgan fingerprint density at radius 3 is 2.14 bits per heavy atom. The van der Waals surface area contributed by atoms with Crippen LogP contribution >= 0.6 is 0 Å². The number of benzene rings is 3. The Balaban J connectivity index is 2.08. The fourth-order valence-corrected chi connectivity index (χ4v) is 2.29. The molecule has 0 atom stereocenters. The monoisotopic (exact) mass is 276 g/mol. The maximum absolute atomic E-state index is 10.2. The van der Waals surface area contributed by atoms with E-state index in [-0.39, 0.29) is 5.75 Å². The quantitative estimate of drug-likeness (QED) is 0.716. The fourth-order valence-electron chi connectivity index (χ4n) is 2.29. The van der Waals surface area contributed by atoms with Crippen molar-refractivity contribution in [2.45, 2.75) is 6.92 Å². The first kappa shape index (κ1) is 13.3. The van der Waals surface area contributed by atoms with Crippen molar-refractivity contribution in [1.82, 2.24) is 0 Å². The van der Waals surface area contributed by atoms with Crippen molar-refractivity contribution in [2.75, 3.05) is 0 Å². The Hall–Kier alpha value is -2.74. The van der Waals surface area contributed by atoms with Gasteiger partial charge in [0.15, 0.2) is 0 Å². The van der Waals surface area contributed by atoms with Gasteiger partial charge in [0.05, 0.1) is 5.56 Å². The molecule has 0 fully saturated rings. The molecule has 0 aliphatic rings. The Morgan fingerprint density at radius 1 is 0.714 bits per heavy atom. The molecule has 2 heteroatoms. The number of phenols is 1. The first-order valence-corrected chi connectivity index (χ1v) is 6.86. The van der Waals surface area contributed by atoms with Crippen molar-refractivity contribution in [2.24, 2.45) is 0 Å². The second-order valence-electron chi connectivity index (χ2n) is 4.88. The minimum atomic E-state index is 0.215. The molecular formula is C19H16O2. The zero-order valence-corrected chi connectivity index (χ0v) is 11.8. The molecule has 0 spiro atoms. The summed E-state index contributed by atoms with van der Waals surface area (Å²) in [7, 11) is 0. The third kappa shape index (κ3) is 2.75. The predicted molar refractivity (Wildman–Crippen MR) is 84.8 cm³/mol. The lowest BCUT2D eigenvalue weighted by atomic mass is 10.0. The number of phenolic OH excluding ortho intramolecular Hbond substituents is 1. The van der Waals surface area contributed by atoms with Gasteiger partial charge in [0.2, 0.25) is 0 Å². The van der Waals surface area contributed by atoms with E-state index in [0.29, 0.717) is 11.3 Å². The van der Waals surface area contributed by atoms with Gasteiger partial charge in [-0.05, 0) is 36.2 Å². The standard InChI is InChI=1S/C19H16O2/c1-14-8-5-6-12-17(14)21-18-13-7-11-16(20)19(18)15-9-3-2-4-10-15/h2-13,20H,1H3. The van der Waals surface area contributed by atoms with Crippen LogP contribution in [0.1, 0.15) is 5.56 Å². The average molecular weight is 276 g/mol. The summed E-state index contributed by atoms with van der Waals surface area (Å²) in [5.41, 5.74) is 2.69. The molecular weight excluding hydrogens is 260 g/mol. The van der Waals surface area contributed by atoms with E-state index in [1.807, 2.05) is 67.6 Å². The van der Waals surface area contributed by atoms with Gasteiger partial charge in [-0.1, -0.05) is 54.6 Å². The van der Waals surface area contributed by atoms with Crippen LogP contribution in [0.5, 0.6) is 17.2 Å². The van der Waals surface area contributed by atoms with Crippen molar-refractivity contribution < 1.29 is 9.84 Å². The molecule has 0 aliphatic carbocycles. The largest absolute Gasteiger partial charge is 0.507 e.